The van der Waals surface area contributed by atoms with Crippen molar-refractivity contribution in [3.05, 3.63) is 21.9 Å². The van der Waals surface area contributed by atoms with Crippen molar-refractivity contribution in [1.29, 1.82) is 0 Å². The lowest BCUT2D eigenvalue weighted by Crippen LogP contribution is -2.48. The molecule has 1 aromatic heterocycles. The Morgan fingerprint density at radius 3 is 2.93 bits per heavy atom. The van der Waals surface area contributed by atoms with Gasteiger partial charge in [0.1, 0.15) is 0 Å². The molecule has 1 fully saturated rings. The Morgan fingerprint density at radius 1 is 1.57 bits per heavy atom. The first-order valence-electron chi connectivity index (χ1n) is 5.02. The fourth-order valence-corrected chi connectivity index (χ4v) is 2.71. The second-order valence-corrected chi connectivity index (χ2v) is 5.45. The molecule has 0 saturated carbocycles. The van der Waals surface area contributed by atoms with E-state index < -0.39 is 0 Å². The molecule has 2 rings (SSSR count). The molecule has 0 bridgehead atoms. The van der Waals surface area contributed by atoms with Crippen molar-refractivity contribution in [3.63, 3.8) is 0 Å². The minimum atomic E-state index is -0.0915. The lowest BCUT2D eigenvalue weighted by molar-refractivity contribution is -0.0721. The monoisotopic (exact) mass is 211 g/mol. The summed E-state index contributed by atoms with van der Waals surface area (Å²) in [6.07, 6.45) is 0. The van der Waals surface area contributed by atoms with Crippen LogP contribution in [0.3, 0.4) is 0 Å². The molecule has 0 aromatic carbocycles. The topological polar surface area (TPSA) is 21.3 Å². The van der Waals surface area contributed by atoms with E-state index in [0.717, 1.165) is 13.2 Å². The molecule has 1 aliphatic heterocycles. The Hall–Kier alpha value is -0.380. The van der Waals surface area contributed by atoms with Gasteiger partial charge in [0.15, 0.2) is 0 Å². The van der Waals surface area contributed by atoms with E-state index in [0.29, 0.717) is 6.04 Å². The van der Waals surface area contributed by atoms with Crippen molar-refractivity contribution in [2.24, 2.45) is 0 Å². The van der Waals surface area contributed by atoms with Crippen molar-refractivity contribution in [2.45, 2.75) is 32.4 Å². The van der Waals surface area contributed by atoms with Gasteiger partial charge in [0.05, 0.1) is 18.2 Å². The van der Waals surface area contributed by atoms with Crippen molar-refractivity contribution in [2.75, 3.05) is 13.2 Å². The molecular formula is C11H17NOS. The Balaban J connectivity index is 2.23. The van der Waals surface area contributed by atoms with E-state index in [2.05, 4.69) is 37.5 Å². The third-order valence-electron chi connectivity index (χ3n) is 2.70. The minimum absolute atomic E-state index is 0.0915. The first-order chi connectivity index (χ1) is 6.59. The summed E-state index contributed by atoms with van der Waals surface area (Å²) < 4.78 is 5.78. The molecule has 0 spiro atoms. The first kappa shape index (κ1) is 10.1. The molecule has 2 nitrogen and oxygen atoms in total. The number of thiophene rings is 1. The summed E-state index contributed by atoms with van der Waals surface area (Å²) in [6, 6.07) is 2.58. The Morgan fingerprint density at radius 2 is 2.36 bits per heavy atom. The lowest BCUT2D eigenvalue weighted by atomic mass is 9.92. The third-order valence-corrected chi connectivity index (χ3v) is 3.58. The van der Waals surface area contributed by atoms with E-state index in [1.54, 1.807) is 11.3 Å². The number of nitrogens with one attached hydrogen (secondary N) is 1. The van der Waals surface area contributed by atoms with Crippen molar-refractivity contribution >= 4 is 11.3 Å². The predicted molar refractivity (Wildman–Crippen MR) is 59.8 cm³/mol. The highest BCUT2D eigenvalue weighted by Gasteiger charge is 2.34. The van der Waals surface area contributed by atoms with Gasteiger partial charge >= 0.3 is 0 Å². The molecule has 1 saturated heterocycles. The van der Waals surface area contributed by atoms with Crippen LogP contribution >= 0.6 is 11.3 Å². The highest BCUT2D eigenvalue weighted by Crippen LogP contribution is 2.33. The Bertz CT molecular complexity index is 319. The highest BCUT2D eigenvalue weighted by molar-refractivity contribution is 7.10. The number of hydrogen-bond acceptors (Lipinski definition) is 3. The quantitative estimate of drug-likeness (QED) is 0.770. The smallest absolute Gasteiger partial charge is 0.0821 e. The zero-order valence-corrected chi connectivity index (χ0v) is 9.78. The van der Waals surface area contributed by atoms with Gasteiger partial charge in [-0.1, -0.05) is 0 Å². The van der Waals surface area contributed by atoms with Crippen LogP contribution in [0.25, 0.3) is 0 Å². The summed E-state index contributed by atoms with van der Waals surface area (Å²) in [7, 11) is 0. The summed E-state index contributed by atoms with van der Waals surface area (Å²) in [5, 5.41) is 5.75. The largest absolute Gasteiger partial charge is 0.372 e. The summed E-state index contributed by atoms with van der Waals surface area (Å²) in [5.41, 5.74) is 1.27. The van der Waals surface area contributed by atoms with E-state index in [9.17, 15) is 0 Å². The summed E-state index contributed by atoms with van der Waals surface area (Å²) >= 11 is 1.80. The second kappa shape index (κ2) is 3.65. The van der Waals surface area contributed by atoms with E-state index in [4.69, 9.17) is 4.74 Å². The molecule has 0 amide bonds. The Kier molecular flexibility index (Phi) is 2.64. The molecule has 14 heavy (non-hydrogen) atoms. The van der Waals surface area contributed by atoms with Gasteiger partial charge in [-0.15, -0.1) is 11.3 Å². The number of hydrogen-bond donors (Lipinski definition) is 1. The number of ether oxygens (including phenoxy) is 1. The first-order valence-corrected chi connectivity index (χ1v) is 5.90. The normalized spacial score (nSPS) is 26.4. The predicted octanol–water partition coefficient (Wildman–Crippen LogP) is 2.50. The maximum Gasteiger partial charge on any atom is 0.0821 e. The number of morpholine rings is 1. The summed E-state index contributed by atoms with van der Waals surface area (Å²) in [6.45, 7) is 8.20. The standard InChI is InChI=1S/C11H17NOS/c1-8-6-9(7-14-8)10-11(2,3)13-5-4-12-10/h6-7,10,12H,4-5H2,1-3H3. The van der Waals surface area contributed by atoms with E-state index in [1.165, 1.54) is 10.4 Å². The van der Waals surface area contributed by atoms with Gasteiger partial charge in [-0.3, -0.25) is 0 Å². The molecule has 1 unspecified atom stereocenters. The molecule has 1 atom stereocenters. The zero-order valence-electron chi connectivity index (χ0n) is 8.96. The van der Waals surface area contributed by atoms with Gasteiger partial charge in [-0.05, 0) is 37.8 Å². The number of rotatable bonds is 1. The van der Waals surface area contributed by atoms with Gasteiger partial charge in [0, 0.05) is 11.4 Å². The zero-order chi connectivity index (χ0) is 10.2. The van der Waals surface area contributed by atoms with Gasteiger partial charge in [-0.2, -0.15) is 0 Å². The van der Waals surface area contributed by atoms with Gasteiger partial charge in [-0.25, -0.2) is 0 Å². The fourth-order valence-electron chi connectivity index (χ4n) is 1.98. The SMILES string of the molecule is Cc1cc(C2NCCOC2(C)C)cs1. The van der Waals surface area contributed by atoms with Crippen LogP contribution in [-0.2, 0) is 4.74 Å². The molecule has 0 aliphatic carbocycles. The second-order valence-electron chi connectivity index (χ2n) is 4.33. The van der Waals surface area contributed by atoms with E-state index in [1.807, 2.05) is 0 Å². The molecule has 1 aliphatic rings. The van der Waals surface area contributed by atoms with Crippen LogP contribution < -0.4 is 5.32 Å². The third kappa shape index (κ3) is 1.85. The van der Waals surface area contributed by atoms with Gasteiger partial charge in [0.2, 0.25) is 0 Å². The average molecular weight is 211 g/mol. The van der Waals surface area contributed by atoms with Crippen LogP contribution in [0.5, 0.6) is 0 Å². The highest BCUT2D eigenvalue weighted by atomic mass is 32.1. The molecule has 1 aromatic rings. The van der Waals surface area contributed by atoms with Gasteiger partial charge in [0.25, 0.3) is 0 Å². The molecule has 0 radical (unpaired) electrons. The van der Waals surface area contributed by atoms with Crippen LogP contribution in [0.1, 0.15) is 30.3 Å². The van der Waals surface area contributed by atoms with E-state index >= 15 is 0 Å². The summed E-state index contributed by atoms with van der Waals surface area (Å²) in [5.74, 6) is 0. The number of aryl methyl sites for hydroxylation is 1. The molecular weight excluding hydrogens is 194 g/mol. The van der Waals surface area contributed by atoms with Crippen LogP contribution in [0.4, 0.5) is 0 Å². The maximum absolute atomic E-state index is 5.78. The Labute approximate surface area is 89.3 Å². The van der Waals surface area contributed by atoms with Crippen LogP contribution in [-0.4, -0.2) is 18.8 Å². The average Bonchev–Trinajstić information content (AvgIpc) is 2.51. The molecule has 78 valence electrons. The minimum Gasteiger partial charge on any atom is -0.372 e. The van der Waals surface area contributed by atoms with Gasteiger partial charge < -0.3 is 10.1 Å². The summed E-state index contributed by atoms with van der Waals surface area (Å²) in [4.78, 5) is 1.36. The fraction of sp³-hybridized carbons (Fsp3) is 0.636. The van der Waals surface area contributed by atoms with Crippen LogP contribution in [0, 0.1) is 6.92 Å². The lowest BCUT2D eigenvalue weighted by Gasteiger charge is -2.39. The van der Waals surface area contributed by atoms with Crippen molar-refractivity contribution < 1.29 is 4.74 Å². The molecule has 3 heteroatoms. The van der Waals surface area contributed by atoms with E-state index in [-0.39, 0.29) is 5.60 Å². The molecule has 1 N–H and O–H groups in total. The van der Waals surface area contributed by atoms with Crippen LogP contribution in [0.2, 0.25) is 0 Å². The van der Waals surface area contributed by atoms with Crippen molar-refractivity contribution in [1.82, 2.24) is 5.32 Å². The van der Waals surface area contributed by atoms with Crippen LogP contribution in [0.15, 0.2) is 11.4 Å². The molecule has 2 heterocycles. The van der Waals surface area contributed by atoms with Crippen molar-refractivity contribution in [3.8, 4) is 0 Å². The maximum atomic E-state index is 5.78.